The van der Waals surface area contributed by atoms with Gasteiger partial charge < -0.3 is 8.85 Å². The maximum atomic E-state index is 13.4. The van der Waals surface area contributed by atoms with Crippen molar-refractivity contribution in [3.8, 4) is 0 Å². The third-order valence-corrected chi connectivity index (χ3v) is 8.55. The summed E-state index contributed by atoms with van der Waals surface area (Å²) in [6, 6.07) is 26.9. The fraction of sp³-hybridized carbons (Fsp3) is 0. The summed E-state index contributed by atoms with van der Waals surface area (Å²) < 4.78 is 11.9. The zero-order valence-corrected chi connectivity index (χ0v) is 20.1. The molecule has 0 aliphatic heterocycles. The molecule has 0 aliphatic carbocycles. The van der Waals surface area contributed by atoms with Crippen LogP contribution in [-0.2, 0) is 8.85 Å². The van der Waals surface area contributed by atoms with E-state index in [-0.39, 0.29) is 11.1 Å². The molecule has 0 N–H and O–H groups in total. The van der Waals surface area contributed by atoms with Gasteiger partial charge in [-0.15, -0.1) is 0 Å². The zero-order chi connectivity index (χ0) is 26.4. The molecule has 0 saturated heterocycles. The Hall–Kier alpha value is -5.16. The van der Waals surface area contributed by atoms with Gasteiger partial charge in [-0.1, -0.05) is 84.9 Å². The van der Waals surface area contributed by atoms with Crippen molar-refractivity contribution in [3.63, 3.8) is 0 Å². The van der Waals surface area contributed by atoms with Crippen molar-refractivity contribution >= 4 is 42.2 Å². The molecule has 4 aromatic carbocycles. The quantitative estimate of drug-likeness (QED) is 0.197. The molecule has 184 valence electrons. The summed E-state index contributed by atoms with van der Waals surface area (Å²) in [4.78, 5) is 48.5. The molecule has 0 bridgehead atoms. The van der Waals surface area contributed by atoms with Gasteiger partial charge in [-0.3, -0.25) is 20.2 Å². The molecule has 0 spiro atoms. The van der Waals surface area contributed by atoms with Crippen molar-refractivity contribution in [1.29, 1.82) is 0 Å². The standard InChI is InChI=1S/C26H18N2O8Si/c29-25(21-15-7-9-17-23(21)27(31)32)35-37(19-11-3-1-4-12-19,20-13-5-2-6-14-20)36-26(30)22-16-8-10-18-24(22)28(33)34/h1-18H. The Morgan fingerprint density at radius 2 is 0.865 bits per heavy atom. The van der Waals surface area contributed by atoms with E-state index in [1.165, 1.54) is 36.4 Å². The minimum Gasteiger partial charge on any atom is -0.475 e. The highest BCUT2D eigenvalue weighted by Crippen LogP contribution is 2.24. The maximum Gasteiger partial charge on any atom is 0.535 e. The smallest absolute Gasteiger partial charge is 0.475 e. The van der Waals surface area contributed by atoms with Crippen molar-refractivity contribution < 1.29 is 28.3 Å². The third kappa shape index (κ3) is 5.11. The van der Waals surface area contributed by atoms with Crippen molar-refractivity contribution in [3.05, 3.63) is 141 Å². The van der Waals surface area contributed by atoms with Crippen LogP contribution in [0.1, 0.15) is 20.7 Å². The van der Waals surface area contributed by atoms with Crippen LogP contribution in [0.2, 0.25) is 0 Å². The van der Waals surface area contributed by atoms with E-state index >= 15 is 0 Å². The number of nitro benzene ring substituents is 2. The first-order valence-electron chi connectivity index (χ1n) is 10.9. The van der Waals surface area contributed by atoms with Crippen molar-refractivity contribution in [2.75, 3.05) is 0 Å². The highest BCUT2D eigenvalue weighted by Gasteiger charge is 2.51. The van der Waals surface area contributed by atoms with E-state index in [0.29, 0.717) is 10.4 Å². The Morgan fingerprint density at radius 3 is 1.22 bits per heavy atom. The zero-order valence-electron chi connectivity index (χ0n) is 19.1. The minimum absolute atomic E-state index is 0.333. The van der Waals surface area contributed by atoms with E-state index in [4.69, 9.17) is 8.85 Å². The average Bonchev–Trinajstić information content (AvgIpc) is 2.93. The number of nitrogens with zero attached hydrogens (tertiary/aromatic N) is 2. The molecule has 0 atom stereocenters. The number of carbonyl (C=O) groups is 2. The summed E-state index contributed by atoms with van der Waals surface area (Å²) in [6.07, 6.45) is 0. The highest BCUT2D eigenvalue weighted by atomic mass is 28.4. The van der Waals surface area contributed by atoms with Crippen LogP contribution in [0.5, 0.6) is 0 Å². The molecule has 4 rings (SSSR count). The second-order valence-electron chi connectivity index (χ2n) is 7.68. The largest absolute Gasteiger partial charge is 0.535 e. The molecule has 0 amide bonds. The molecule has 4 aromatic rings. The lowest BCUT2D eigenvalue weighted by Gasteiger charge is -2.30. The first-order valence-corrected chi connectivity index (χ1v) is 12.7. The van der Waals surface area contributed by atoms with Crippen molar-refractivity contribution in [2.24, 2.45) is 0 Å². The Balaban J connectivity index is 1.90. The van der Waals surface area contributed by atoms with Crippen LogP contribution < -0.4 is 10.4 Å². The summed E-state index contributed by atoms with van der Waals surface area (Å²) in [5.74, 6) is -2.16. The Kier molecular flexibility index (Phi) is 7.16. The van der Waals surface area contributed by atoms with Crippen LogP contribution in [0.15, 0.2) is 109 Å². The van der Waals surface area contributed by atoms with E-state index in [0.717, 1.165) is 12.1 Å². The lowest BCUT2D eigenvalue weighted by atomic mass is 10.2. The minimum atomic E-state index is -4.30. The van der Waals surface area contributed by atoms with Gasteiger partial charge in [0, 0.05) is 22.5 Å². The van der Waals surface area contributed by atoms with Crippen LogP contribution in [0, 0.1) is 20.2 Å². The Morgan fingerprint density at radius 1 is 0.541 bits per heavy atom. The molecule has 0 radical (unpaired) electrons. The SMILES string of the molecule is O=C(O[Si](OC(=O)c1ccccc1[N+](=O)[O-])(c1ccccc1)c1ccccc1)c1ccccc1[N+](=O)[O-]. The monoisotopic (exact) mass is 514 g/mol. The van der Waals surface area contributed by atoms with Gasteiger partial charge in [0.25, 0.3) is 11.4 Å². The number of hydrogen-bond acceptors (Lipinski definition) is 8. The predicted octanol–water partition coefficient (Wildman–Crippen LogP) is 3.77. The Bertz CT molecular complexity index is 1370. The number of rotatable bonds is 8. The van der Waals surface area contributed by atoms with Gasteiger partial charge in [-0.05, 0) is 12.1 Å². The predicted molar refractivity (Wildman–Crippen MR) is 135 cm³/mol. The lowest BCUT2D eigenvalue weighted by molar-refractivity contribution is -0.385. The normalized spacial score (nSPS) is 10.8. The van der Waals surface area contributed by atoms with E-state index in [1.54, 1.807) is 60.7 Å². The summed E-state index contributed by atoms with van der Waals surface area (Å²) in [6.45, 7) is 0. The molecule has 11 heteroatoms. The molecule has 0 heterocycles. The summed E-state index contributed by atoms with van der Waals surface area (Å²) in [5.41, 5.74) is -1.64. The molecule has 37 heavy (non-hydrogen) atoms. The molecule has 0 unspecified atom stereocenters. The van der Waals surface area contributed by atoms with Gasteiger partial charge in [-0.25, -0.2) is 9.59 Å². The van der Waals surface area contributed by atoms with Crippen LogP contribution in [0.4, 0.5) is 11.4 Å². The highest BCUT2D eigenvalue weighted by molar-refractivity contribution is 6.94. The molecular weight excluding hydrogens is 496 g/mol. The molecule has 0 aliphatic rings. The molecular formula is C26H18N2O8Si. The Labute approximate surface area is 211 Å². The first kappa shape index (κ1) is 24.9. The second-order valence-corrected chi connectivity index (χ2v) is 10.5. The van der Waals surface area contributed by atoms with Gasteiger partial charge >= 0.3 is 20.5 Å². The van der Waals surface area contributed by atoms with Crippen LogP contribution in [0.25, 0.3) is 0 Å². The summed E-state index contributed by atoms with van der Waals surface area (Å²) in [5, 5.41) is 23.8. The molecule has 0 aromatic heterocycles. The molecule has 0 fully saturated rings. The molecule has 0 saturated carbocycles. The lowest BCUT2D eigenvalue weighted by Crippen LogP contribution is -2.65. The fourth-order valence-electron chi connectivity index (χ4n) is 3.72. The van der Waals surface area contributed by atoms with Gasteiger partial charge in [0.1, 0.15) is 11.1 Å². The topological polar surface area (TPSA) is 139 Å². The maximum absolute atomic E-state index is 13.4. The van der Waals surface area contributed by atoms with E-state index in [9.17, 15) is 29.8 Å². The van der Waals surface area contributed by atoms with Gasteiger partial charge in [0.2, 0.25) is 0 Å². The van der Waals surface area contributed by atoms with Gasteiger partial charge in [0.05, 0.1) is 9.85 Å². The summed E-state index contributed by atoms with van der Waals surface area (Å²) >= 11 is 0. The van der Waals surface area contributed by atoms with Crippen molar-refractivity contribution in [1.82, 2.24) is 0 Å². The summed E-state index contributed by atoms with van der Waals surface area (Å²) in [7, 11) is -4.30. The van der Waals surface area contributed by atoms with Crippen LogP contribution >= 0.6 is 0 Å². The average molecular weight is 515 g/mol. The third-order valence-electron chi connectivity index (χ3n) is 5.42. The van der Waals surface area contributed by atoms with E-state index < -0.39 is 41.7 Å². The van der Waals surface area contributed by atoms with Crippen LogP contribution in [-0.4, -0.2) is 30.3 Å². The van der Waals surface area contributed by atoms with Crippen LogP contribution in [0.3, 0.4) is 0 Å². The van der Waals surface area contributed by atoms with Gasteiger partial charge in [0.15, 0.2) is 0 Å². The number of para-hydroxylation sites is 2. The van der Waals surface area contributed by atoms with E-state index in [1.807, 2.05) is 0 Å². The number of nitro groups is 2. The van der Waals surface area contributed by atoms with E-state index in [2.05, 4.69) is 0 Å². The molecule has 10 nitrogen and oxygen atoms in total. The number of carbonyl (C=O) groups excluding carboxylic acids is 2. The van der Waals surface area contributed by atoms with Crippen molar-refractivity contribution in [2.45, 2.75) is 0 Å². The second kappa shape index (κ2) is 10.6. The first-order chi connectivity index (χ1) is 17.8. The number of hydrogen-bond donors (Lipinski definition) is 0. The van der Waals surface area contributed by atoms with Gasteiger partial charge in [-0.2, -0.15) is 0 Å². The number of benzene rings is 4. The fourth-order valence-corrected chi connectivity index (χ4v) is 6.57.